The number of carbonyl (C=O) groups is 1. The Morgan fingerprint density at radius 3 is 2.49 bits per heavy atom. The maximum absolute atomic E-state index is 11.5. The highest BCUT2D eigenvalue weighted by Crippen LogP contribution is 2.35. The number of thiazole rings is 1. The number of carboxylic acids is 1. The molecular formula is C26H21N3O5S. The lowest BCUT2D eigenvalue weighted by Gasteiger charge is -2.22. The number of carboxylic acid groups (broad SMARTS) is 1. The molecule has 0 aliphatic carbocycles. The lowest BCUT2D eigenvalue weighted by atomic mass is 10.1. The minimum Gasteiger partial charge on any atom is -0.497 e. The van der Waals surface area contributed by atoms with Crippen LogP contribution in [0.1, 0.15) is 16.7 Å². The quantitative estimate of drug-likeness (QED) is 0.214. The van der Waals surface area contributed by atoms with Gasteiger partial charge in [-0.15, -0.1) is 0 Å². The second-order valence-corrected chi connectivity index (χ2v) is 8.63. The zero-order valence-electron chi connectivity index (χ0n) is 18.8. The zero-order chi connectivity index (χ0) is 24.8. The summed E-state index contributed by atoms with van der Waals surface area (Å²) in [6.45, 7) is 1.16. The summed E-state index contributed by atoms with van der Waals surface area (Å²) in [4.78, 5) is 28.6. The Morgan fingerprint density at radius 1 is 1.11 bits per heavy atom. The lowest BCUT2D eigenvalue weighted by molar-refractivity contribution is -0.382. The second-order valence-electron chi connectivity index (χ2n) is 7.65. The first-order chi connectivity index (χ1) is 16.9. The summed E-state index contributed by atoms with van der Waals surface area (Å²) in [6.07, 6.45) is 0.740. The Hall–Kier alpha value is -4.42. The van der Waals surface area contributed by atoms with Gasteiger partial charge in [-0.25, -0.2) is 9.78 Å². The molecule has 4 aromatic rings. The van der Waals surface area contributed by atoms with Crippen LogP contribution in [0.4, 0.5) is 10.8 Å². The van der Waals surface area contributed by atoms with Gasteiger partial charge in [0.1, 0.15) is 10.4 Å². The molecule has 4 rings (SSSR count). The number of anilines is 1. The van der Waals surface area contributed by atoms with Gasteiger partial charge in [0.2, 0.25) is 0 Å². The fraction of sp³-hybridized carbons (Fsp3) is 0.154. The number of aliphatic carboxylic acids is 1. The summed E-state index contributed by atoms with van der Waals surface area (Å²) in [6, 6.07) is 20.1. The molecule has 0 amide bonds. The van der Waals surface area contributed by atoms with Crippen molar-refractivity contribution in [1.82, 2.24) is 4.98 Å². The maximum atomic E-state index is 11.5. The van der Waals surface area contributed by atoms with E-state index in [0.717, 1.165) is 23.3 Å². The second kappa shape index (κ2) is 10.7. The molecule has 3 aromatic carbocycles. The third-order valence-corrected chi connectivity index (χ3v) is 6.48. The number of hydrogen-bond acceptors (Lipinski definition) is 7. The summed E-state index contributed by atoms with van der Waals surface area (Å²) in [5, 5.41) is 20.9. The topological polar surface area (TPSA) is 106 Å². The van der Waals surface area contributed by atoms with Crippen LogP contribution in [-0.2, 0) is 17.8 Å². The fourth-order valence-electron chi connectivity index (χ4n) is 3.54. The van der Waals surface area contributed by atoms with Gasteiger partial charge in [-0.2, -0.15) is 0 Å². The standard InChI is InChI=1S/C26H21N3O5S/c1-34-21-12-9-19(10-13-21)15-16-28(17-20-7-5-18(6-8-20)11-14-24(30)31)26-27-22-3-2-4-23(29(32)33)25(22)35-26/h2-10,12-13H,15-17H2,1H3,(H,30,31). The smallest absolute Gasteiger partial charge is 0.382 e. The lowest BCUT2D eigenvalue weighted by Crippen LogP contribution is -2.25. The van der Waals surface area contributed by atoms with Crippen LogP contribution in [0.3, 0.4) is 0 Å². The Morgan fingerprint density at radius 2 is 1.83 bits per heavy atom. The molecule has 0 saturated carbocycles. The summed E-state index contributed by atoms with van der Waals surface area (Å²) < 4.78 is 5.77. The van der Waals surface area contributed by atoms with E-state index in [9.17, 15) is 14.9 Å². The Balaban J connectivity index is 1.62. The molecule has 0 radical (unpaired) electrons. The average molecular weight is 488 g/mol. The molecule has 9 heteroatoms. The van der Waals surface area contributed by atoms with Gasteiger partial charge in [-0.3, -0.25) is 10.1 Å². The predicted molar refractivity (Wildman–Crippen MR) is 135 cm³/mol. The van der Waals surface area contributed by atoms with Gasteiger partial charge in [0.05, 0.1) is 17.5 Å². The molecule has 176 valence electrons. The molecule has 0 atom stereocenters. The van der Waals surface area contributed by atoms with Crippen molar-refractivity contribution >= 4 is 38.3 Å². The minimum atomic E-state index is -1.18. The summed E-state index contributed by atoms with van der Waals surface area (Å²) in [7, 11) is 1.63. The molecule has 0 saturated heterocycles. The highest BCUT2D eigenvalue weighted by atomic mass is 32.1. The van der Waals surface area contributed by atoms with Gasteiger partial charge in [-0.05, 0) is 47.9 Å². The Labute approximate surface area is 205 Å². The van der Waals surface area contributed by atoms with Gasteiger partial charge in [0, 0.05) is 30.6 Å². The van der Waals surface area contributed by atoms with Gasteiger partial charge in [0.15, 0.2) is 5.13 Å². The first-order valence-corrected chi connectivity index (χ1v) is 11.5. The molecule has 0 unspecified atom stereocenters. The number of nitrogens with zero attached hydrogens (tertiary/aromatic N) is 3. The third kappa shape index (κ3) is 5.93. The first kappa shape index (κ1) is 23.7. The van der Waals surface area contributed by atoms with Crippen molar-refractivity contribution in [3.63, 3.8) is 0 Å². The van der Waals surface area contributed by atoms with E-state index in [0.29, 0.717) is 34.0 Å². The number of hydrogen-bond donors (Lipinski definition) is 1. The molecule has 0 spiro atoms. The molecular weight excluding hydrogens is 466 g/mol. The predicted octanol–water partition coefficient (Wildman–Crippen LogP) is 4.90. The molecule has 0 aliphatic heterocycles. The highest BCUT2D eigenvalue weighted by Gasteiger charge is 2.19. The minimum absolute atomic E-state index is 0.0442. The van der Waals surface area contributed by atoms with Crippen molar-refractivity contribution in [2.75, 3.05) is 18.6 Å². The van der Waals surface area contributed by atoms with Gasteiger partial charge >= 0.3 is 5.97 Å². The fourth-order valence-corrected chi connectivity index (χ4v) is 4.62. The summed E-state index contributed by atoms with van der Waals surface area (Å²) >= 11 is 1.30. The van der Waals surface area contributed by atoms with Crippen molar-refractivity contribution in [2.24, 2.45) is 0 Å². The molecule has 1 aromatic heterocycles. The van der Waals surface area contributed by atoms with E-state index >= 15 is 0 Å². The molecule has 1 heterocycles. The highest BCUT2D eigenvalue weighted by molar-refractivity contribution is 7.22. The number of benzene rings is 3. The van der Waals surface area contributed by atoms with Crippen LogP contribution in [0.15, 0.2) is 66.7 Å². The number of non-ortho nitro benzene ring substituents is 1. The SMILES string of the molecule is COc1ccc(CCN(Cc2ccc(C#CC(=O)O)cc2)c2nc3cccc([N+](=O)[O-])c3s2)cc1. The number of nitro groups is 1. The zero-order valence-corrected chi connectivity index (χ0v) is 19.6. The van der Waals surface area contributed by atoms with Crippen LogP contribution in [0.5, 0.6) is 5.75 Å². The van der Waals surface area contributed by atoms with E-state index in [-0.39, 0.29) is 10.6 Å². The number of methoxy groups -OCH3 is 1. The summed E-state index contributed by atoms with van der Waals surface area (Å²) in [5.41, 5.74) is 3.35. The van der Waals surface area contributed by atoms with Crippen LogP contribution in [0.2, 0.25) is 0 Å². The molecule has 0 bridgehead atoms. The van der Waals surface area contributed by atoms with Crippen LogP contribution in [-0.4, -0.2) is 34.6 Å². The van der Waals surface area contributed by atoms with Crippen LogP contribution < -0.4 is 9.64 Å². The van der Waals surface area contributed by atoms with Crippen molar-refractivity contribution < 1.29 is 19.6 Å². The van der Waals surface area contributed by atoms with E-state index in [4.69, 9.17) is 14.8 Å². The number of nitro benzene ring substituents is 1. The van der Waals surface area contributed by atoms with E-state index in [2.05, 4.69) is 16.7 Å². The van der Waals surface area contributed by atoms with E-state index in [1.807, 2.05) is 36.4 Å². The largest absolute Gasteiger partial charge is 0.497 e. The molecule has 0 fully saturated rings. The third-order valence-electron chi connectivity index (χ3n) is 5.32. The van der Waals surface area contributed by atoms with E-state index in [1.54, 1.807) is 31.4 Å². The van der Waals surface area contributed by atoms with Crippen molar-refractivity contribution in [1.29, 1.82) is 0 Å². The molecule has 8 nitrogen and oxygen atoms in total. The number of fused-ring (bicyclic) bond motifs is 1. The maximum Gasteiger partial charge on any atom is 0.382 e. The molecule has 35 heavy (non-hydrogen) atoms. The first-order valence-electron chi connectivity index (χ1n) is 10.7. The van der Waals surface area contributed by atoms with Crippen molar-refractivity contribution in [3.05, 3.63) is 93.5 Å². The van der Waals surface area contributed by atoms with Crippen LogP contribution in [0, 0.1) is 22.0 Å². The van der Waals surface area contributed by atoms with Gasteiger partial charge in [0.25, 0.3) is 5.69 Å². The normalized spacial score (nSPS) is 10.4. The number of rotatable bonds is 8. The monoisotopic (exact) mass is 487 g/mol. The molecule has 0 aliphatic rings. The number of ether oxygens (including phenoxy) is 1. The van der Waals surface area contributed by atoms with E-state index < -0.39 is 5.97 Å². The van der Waals surface area contributed by atoms with Gasteiger partial charge < -0.3 is 14.7 Å². The van der Waals surface area contributed by atoms with Crippen LogP contribution in [0.25, 0.3) is 10.2 Å². The Bertz CT molecular complexity index is 1420. The van der Waals surface area contributed by atoms with Crippen LogP contribution >= 0.6 is 11.3 Å². The van der Waals surface area contributed by atoms with Crippen molar-refractivity contribution in [3.8, 4) is 17.6 Å². The Kier molecular flexibility index (Phi) is 7.24. The van der Waals surface area contributed by atoms with Gasteiger partial charge in [-0.1, -0.05) is 47.6 Å². The molecule has 1 N–H and O–H groups in total. The summed E-state index contributed by atoms with van der Waals surface area (Å²) in [5.74, 6) is 4.32. The average Bonchev–Trinajstić information content (AvgIpc) is 3.30. The van der Waals surface area contributed by atoms with E-state index in [1.165, 1.54) is 17.4 Å². The van der Waals surface area contributed by atoms with Crippen molar-refractivity contribution in [2.45, 2.75) is 13.0 Å². The number of aromatic nitrogens is 1.